The first-order valence-electron chi connectivity index (χ1n) is 4.02. The maximum atomic E-state index is 10.7. The summed E-state index contributed by atoms with van der Waals surface area (Å²) in [6, 6.07) is 0. The smallest absolute Gasteiger partial charge is 0.436 e. The van der Waals surface area contributed by atoms with Gasteiger partial charge in [0.15, 0.2) is 0 Å². The van der Waals surface area contributed by atoms with E-state index in [9.17, 15) is 19.2 Å². The van der Waals surface area contributed by atoms with Crippen LogP contribution in [0.4, 0.5) is 0 Å². The predicted molar refractivity (Wildman–Crippen MR) is 46.7 cm³/mol. The Balaban J connectivity index is 4.36. The van der Waals surface area contributed by atoms with Crippen LogP contribution < -0.4 is 0 Å². The summed E-state index contributed by atoms with van der Waals surface area (Å²) in [5.74, 6) is -4.02. The number of carbonyl (C=O) groups excluding carboxylic acids is 3. The number of hydroxylamine groups is 2. The highest BCUT2D eigenvalue weighted by atomic mass is 16.7. The van der Waals surface area contributed by atoms with E-state index in [0.29, 0.717) is 5.06 Å². The highest BCUT2D eigenvalue weighted by Crippen LogP contribution is 1.93. The number of aliphatic carboxylic acids is 1. The number of hydrogen-bond donors (Lipinski definition) is 1. The molecule has 0 atom stereocenters. The molecule has 15 heavy (non-hydrogen) atoms. The predicted octanol–water partition coefficient (Wildman–Crippen LogP) is -0.991. The lowest BCUT2D eigenvalue weighted by molar-refractivity contribution is -0.197. The van der Waals surface area contributed by atoms with Crippen molar-refractivity contribution in [3.63, 3.8) is 0 Å². The van der Waals surface area contributed by atoms with Gasteiger partial charge in [-0.05, 0) is 13.8 Å². The fraction of sp³-hybridized carbons (Fsp3) is 0.500. The molecular weight excluding hydrogens is 206 g/mol. The van der Waals surface area contributed by atoms with E-state index in [1.165, 1.54) is 13.8 Å². The Labute approximate surface area is 85.6 Å². The van der Waals surface area contributed by atoms with Gasteiger partial charge < -0.3 is 9.94 Å². The van der Waals surface area contributed by atoms with E-state index >= 15 is 0 Å². The van der Waals surface area contributed by atoms with Gasteiger partial charge in [-0.25, -0.2) is 9.59 Å². The second-order valence-electron chi connectivity index (χ2n) is 2.89. The number of nitrogens with zero attached hydrogens (tertiary/aromatic N) is 1. The Bertz CT molecular complexity index is 282. The summed E-state index contributed by atoms with van der Waals surface area (Å²) in [7, 11) is 0. The first-order valence-corrected chi connectivity index (χ1v) is 4.02. The maximum absolute atomic E-state index is 10.7. The summed E-state index contributed by atoms with van der Waals surface area (Å²) in [5, 5.41) is 8.94. The van der Waals surface area contributed by atoms with E-state index in [1.54, 1.807) is 0 Å². The Morgan fingerprint density at radius 3 is 1.73 bits per heavy atom. The van der Waals surface area contributed by atoms with Crippen LogP contribution in [0, 0.1) is 0 Å². The summed E-state index contributed by atoms with van der Waals surface area (Å²) >= 11 is 0. The first-order chi connectivity index (χ1) is 6.82. The van der Waals surface area contributed by atoms with Crippen LogP contribution in [0.25, 0.3) is 0 Å². The zero-order valence-corrected chi connectivity index (χ0v) is 8.35. The fourth-order valence-electron chi connectivity index (χ4n) is 0.773. The van der Waals surface area contributed by atoms with Gasteiger partial charge in [0.1, 0.15) is 11.6 Å². The van der Waals surface area contributed by atoms with Crippen LogP contribution in [0.1, 0.15) is 13.8 Å². The normalized spacial score (nSPS) is 9.80. The monoisotopic (exact) mass is 217 g/mol. The quantitative estimate of drug-likeness (QED) is 0.466. The van der Waals surface area contributed by atoms with Crippen molar-refractivity contribution in [1.82, 2.24) is 5.06 Å². The lowest BCUT2D eigenvalue weighted by Gasteiger charge is -2.16. The van der Waals surface area contributed by atoms with Gasteiger partial charge >= 0.3 is 11.9 Å². The third-order valence-electron chi connectivity index (χ3n) is 1.18. The largest absolute Gasteiger partial charge is 0.473 e. The molecule has 0 aromatic carbocycles. The Morgan fingerprint density at radius 1 is 1.07 bits per heavy atom. The van der Waals surface area contributed by atoms with Gasteiger partial charge in [0.2, 0.25) is 0 Å². The van der Waals surface area contributed by atoms with Gasteiger partial charge in [0.25, 0.3) is 0 Å². The highest BCUT2D eigenvalue weighted by molar-refractivity contribution is 6.28. The fourth-order valence-corrected chi connectivity index (χ4v) is 0.773. The molecule has 0 aliphatic heterocycles. The van der Waals surface area contributed by atoms with Crippen molar-refractivity contribution in [3.8, 4) is 0 Å². The van der Waals surface area contributed by atoms with Gasteiger partial charge in [-0.1, -0.05) is 0 Å². The molecule has 0 aliphatic carbocycles. The minimum absolute atomic E-state index is 0.321. The van der Waals surface area contributed by atoms with Gasteiger partial charge in [0.05, 0.1) is 13.1 Å². The van der Waals surface area contributed by atoms with Crippen LogP contribution in [-0.4, -0.2) is 46.8 Å². The SMILES string of the molecule is CC(=O)CN(CC(C)=O)OC(=O)C(=O)O. The molecule has 0 saturated carbocycles. The van der Waals surface area contributed by atoms with Crippen LogP contribution in [0.2, 0.25) is 0 Å². The molecule has 0 spiro atoms. The topological polar surface area (TPSA) is 101 Å². The first kappa shape index (κ1) is 13.2. The average Bonchev–Trinajstić information content (AvgIpc) is 2.00. The van der Waals surface area contributed by atoms with Crippen molar-refractivity contribution in [3.05, 3.63) is 0 Å². The molecule has 0 aliphatic rings. The van der Waals surface area contributed by atoms with Crippen molar-refractivity contribution in [1.29, 1.82) is 0 Å². The minimum Gasteiger partial charge on any atom is -0.473 e. The van der Waals surface area contributed by atoms with E-state index in [-0.39, 0.29) is 24.7 Å². The average molecular weight is 217 g/mol. The summed E-state index contributed by atoms with van der Waals surface area (Å²) in [6.07, 6.45) is 0. The Kier molecular flexibility index (Phi) is 5.18. The number of hydrogen-bond acceptors (Lipinski definition) is 6. The van der Waals surface area contributed by atoms with Gasteiger partial charge in [-0.3, -0.25) is 9.59 Å². The molecule has 0 bridgehead atoms. The molecule has 1 N–H and O–H groups in total. The van der Waals surface area contributed by atoms with E-state index < -0.39 is 11.9 Å². The third-order valence-corrected chi connectivity index (χ3v) is 1.18. The number of Topliss-reactive ketones (excluding diaryl/α,β-unsaturated/α-hetero) is 2. The molecule has 7 heteroatoms. The summed E-state index contributed by atoms with van der Waals surface area (Å²) in [5.41, 5.74) is 0. The van der Waals surface area contributed by atoms with Gasteiger partial charge in [-0.2, -0.15) is 0 Å². The van der Waals surface area contributed by atoms with E-state index in [1.807, 2.05) is 0 Å². The van der Waals surface area contributed by atoms with Crippen molar-refractivity contribution >= 4 is 23.5 Å². The molecule has 0 heterocycles. The molecule has 0 saturated heterocycles. The lowest BCUT2D eigenvalue weighted by atomic mass is 10.4. The molecule has 0 fully saturated rings. The highest BCUT2D eigenvalue weighted by Gasteiger charge is 2.20. The zero-order valence-electron chi connectivity index (χ0n) is 8.35. The van der Waals surface area contributed by atoms with Gasteiger partial charge in [-0.15, -0.1) is 5.06 Å². The number of carboxylic acid groups (broad SMARTS) is 1. The molecule has 0 aromatic heterocycles. The van der Waals surface area contributed by atoms with Crippen LogP contribution in [0.5, 0.6) is 0 Å². The van der Waals surface area contributed by atoms with Crippen LogP contribution in [-0.2, 0) is 24.0 Å². The third kappa shape index (κ3) is 6.33. The maximum Gasteiger partial charge on any atom is 0.436 e. The molecule has 0 amide bonds. The number of carbonyl (C=O) groups is 4. The van der Waals surface area contributed by atoms with Crippen LogP contribution in [0.15, 0.2) is 0 Å². The second-order valence-corrected chi connectivity index (χ2v) is 2.89. The molecule has 0 unspecified atom stereocenters. The molecule has 7 nitrogen and oxygen atoms in total. The van der Waals surface area contributed by atoms with Crippen molar-refractivity contribution in [2.45, 2.75) is 13.8 Å². The molecule has 0 rings (SSSR count). The Hall–Kier alpha value is -1.76. The Morgan fingerprint density at radius 2 is 1.47 bits per heavy atom. The molecule has 0 aromatic rings. The van der Waals surface area contributed by atoms with E-state index in [2.05, 4.69) is 4.84 Å². The second kappa shape index (κ2) is 5.86. The molecule has 0 radical (unpaired) electrons. The minimum atomic E-state index is -1.79. The molecule has 84 valence electrons. The zero-order chi connectivity index (χ0) is 12.0. The van der Waals surface area contributed by atoms with Gasteiger partial charge in [0, 0.05) is 0 Å². The van der Waals surface area contributed by atoms with Crippen LogP contribution in [0.3, 0.4) is 0 Å². The van der Waals surface area contributed by atoms with Crippen molar-refractivity contribution in [2.75, 3.05) is 13.1 Å². The van der Waals surface area contributed by atoms with E-state index in [4.69, 9.17) is 5.11 Å². The van der Waals surface area contributed by atoms with Crippen molar-refractivity contribution in [2.24, 2.45) is 0 Å². The van der Waals surface area contributed by atoms with E-state index in [0.717, 1.165) is 0 Å². The number of rotatable bonds is 5. The summed E-state index contributed by atoms with van der Waals surface area (Å²) in [4.78, 5) is 46.4. The lowest BCUT2D eigenvalue weighted by Crippen LogP contribution is -2.37. The summed E-state index contributed by atoms with van der Waals surface area (Å²) < 4.78 is 0. The standard InChI is InChI=1S/C8H11NO6/c1-5(10)3-9(4-6(2)11)15-8(14)7(12)13/h3-4H2,1-2H3,(H,12,13). The summed E-state index contributed by atoms with van der Waals surface area (Å²) in [6.45, 7) is 1.81. The van der Waals surface area contributed by atoms with Crippen molar-refractivity contribution < 1.29 is 29.1 Å². The number of ketones is 2. The van der Waals surface area contributed by atoms with Crippen LogP contribution >= 0.6 is 0 Å². The number of carboxylic acids is 1. The molecular formula is C8H11NO6.